The molecule has 6 heteroatoms. The van der Waals surface area contributed by atoms with Crippen LogP contribution < -0.4 is 9.64 Å². The van der Waals surface area contributed by atoms with Gasteiger partial charge < -0.3 is 13.7 Å². The first-order valence-corrected chi connectivity index (χ1v) is 8.79. The van der Waals surface area contributed by atoms with Gasteiger partial charge in [-0.25, -0.2) is 0 Å². The Hall–Kier alpha value is -3.28. The molecule has 1 aromatic carbocycles. The van der Waals surface area contributed by atoms with Crippen LogP contribution in [-0.2, 0) is 11.3 Å². The molecular weight excluding hydrogens is 344 g/mol. The van der Waals surface area contributed by atoms with Gasteiger partial charge >= 0.3 is 0 Å². The van der Waals surface area contributed by atoms with Gasteiger partial charge in [-0.3, -0.25) is 14.5 Å². The quantitative estimate of drug-likeness (QED) is 0.651. The molecule has 0 fully saturated rings. The first kappa shape index (κ1) is 17.1. The minimum Gasteiger partial charge on any atom is -0.482 e. The fraction of sp³-hybridized carbons (Fsp3) is 0.238. The van der Waals surface area contributed by atoms with Crippen LogP contribution in [0.25, 0.3) is 0 Å². The van der Waals surface area contributed by atoms with E-state index in [0.29, 0.717) is 23.5 Å². The van der Waals surface area contributed by atoms with E-state index < -0.39 is 0 Å². The topological polar surface area (TPSA) is 64.7 Å². The number of benzene rings is 1. The van der Waals surface area contributed by atoms with Crippen molar-refractivity contribution in [3.05, 3.63) is 71.4 Å². The number of Topliss-reactive ketones (excluding diaryl/α,β-unsaturated/α-hetero) is 1. The second kappa shape index (κ2) is 6.79. The number of amides is 1. The molecule has 1 amide bonds. The molecule has 1 aliphatic rings. The molecule has 0 spiro atoms. The fourth-order valence-electron chi connectivity index (χ4n) is 3.44. The van der Waals surface area contributed by atoms with E-state index in [1.54, 1.807) is 18.4 Å². The van der Waals surface area contributed by atoms with E-state index >= 15 is 0 Å². The number of ketones is 1. The Morgan fingerprint density at radius 2 is 1.96 bits per heavy atom. The molecule has 3 heterocycles. The van der Waals surface area contributed by atoms with Crippen molar-refractivity contribution < 1.29 is 18.7 Å². The molecule has 1 aliphatic heterocycles. The molecule has 138 valence electrons. The summed E-state index contributed by atoms with van der Waals surface area (Å²) in [6, 6.07) is 12.9. The summed E-state index contributed by atoms with van der Waals surface area (Å²) >= 11 is 0. The third-order valence-electron chi connectivity index (χ3n) is 4.88. The van der Waals surface area contributed by atoms with Gasteiger partial charge in [0.2, 0.25) is 0 Å². The lowest BCUT2D eigenvalue weighted by Crippen LogP contribution is -2.42. The van der Waals surface area contributed by atoms with Crippen LogP contribution in [0.4, 0.5) is 5.69 Å². The van der Waals surface area contributed by atoms with Gasteiger partial charge in [0.15, 0.2) is 12.4 Å². The predicted molar refractivity (Wildman–Crippen MR) is 100 cm³/mol. The predicted octanol–water partition coefficient (Wildman–Crippen LogP) is 3.35. The lowest BCUT2D eigenvalue weighted by Gasteiger charge is -2.28. The molecule has 27 heavy (non-hydrogen) atoms. The highest BCUT2D eigenvalue weighted by atomic mass is 16.5. The van der Waals surface area contributed by atoms with Crippen molar-refractivity contribution in [1.29, 1.82) is 0 Å². The summed E-state index contributed by atoms with van der Waals surface area (Å²) in [5, 5.41) is 0. The highest BCUT2D eigenvalue weighted by Gasteiger charge is 2.28. The maximum atomic E-state index is 13.0. The number of hydrogen-bond acceptors (Lipinski definition) is 4. The highest BCUT2D eigenvalue weighted by molar-refractivity contribution is 6.07. The number of aryl methyl sites for hydroxylation is 1. The summed E-state index contributed by atoms with van der Waals surface area (Å²) in [5.74, 6) is 1.13. The second-order valence-electron chi connectivity index (χ2n) is 6.61. The number of nitrogens with zero attached hydrogens (tertiary/aromatic N) is 2. The summed E-state index contributed by atoms with van der Waals surface area (Å²) in [5.41, 5.74) is 3.09. The molecule has 0 aliphatic carbocycles. The number of carbonyl (C=O) groups is 2. The average molecular weight is 364 g/mol. The number of anilines is 1. The zero-order chi connectivity index (χ0) is 19.0. The summed E-state index contributed by atoms with van der Waals surface area (Å²) < 4.78 is 12.9. The number of aromatic nitrogens is 1. The maximum Gasteiger partial charge on any atom is 0.265 e. The van der Waals surface area contributed by atoms with Crippen molar-refractivity contribution >= 4 is 17.4 Å². The van der Waals surface area contributed by atoms with Gasteiger partial charge in [-0.2, -0.15) is 0 Å². The van der Waals surface area contributed by atoms with Crippen LogP contribution >= 0.6 is 0 Å². The second-order valence-corrected chi connectivity index (χ2v) is 6.61. The first-order chi connectivity index (χ1) is 13.0. The molecule has 0 bridgehead atoms. The van der Waals surface area contributed by atoms with Crippen LogP contribution in [0.3, 0.4) is 0 Å². The van der Waals surface area contributed by atoms with E-state index in [4.69, 9.17) is 9.15 Å². The molecule has 0 atom stereocenters. The third-order valence-corrected chi connectivity index (χ3v) is 4.88. The van der Waals surface area contributed by atoms with E-state index in [-0.39, 0.29) is 24.8 Å². The average Bonchev–Trinajstić information content (AvgIpc) is 3.28. The Kier molecular flexibility index (Phi) is 4.32. The monoisotopic (exact) mass is 364 g/mol. The van der Waals surface area contributed by atoms with Gasteiger partial charge in [0, 0.05) is 17.0 Å². The van der Waals surface area contributed by atoms with Crippen molar-refractivity contribution in [2.24, 2.45) is 0 Å². The summed E-state index contributed by atoms with van der Waals surface area (Å²) in [4.78, 5) is 26.8. The number of rotatable bonds is 5. The largest absolute Gasteiger partial charge is 0.482 e. The van der Waals surface area contributed by atoms with Crippen LogP contribution in [0.2, 0.25) is 0 Å². The van der Waals surface area contributed by atoms with E-state index in [1.165, 1.54) is 4.90 Å². The summed E-state index contributed by atoms with van der Waals surface area (Å²) in [7, 11) is 0. The smallest absolute Gasteiger partial charge is 0.265 e. The number of fused-ring (bicyclic) bond motifs is 1. The van der Waals surface area contributed by atoms with Crippen LogP contribution in [-0.4, -0.2) is 29.4 Å². The molecule has 0 radical (unpaired) electrons. The summed E-state index contributed by atoms with van der Waals surface area (Å²) in [6.07, 6.45) is 1.64. The number of hydrogen-bond donors (Lipinski definition) is 0. The lowest BCUT2D eigenvalue weighted by atomic mass is 10.1. The number of furan rings is 1. The van der Waals surface area contributed by atoms with Gasteiger partial charge in [0.1, 0.15) is 11.5 Å². The van der Waals surface area contributed by atoms with Crippen molar-refractivity contribution in [3.63, 3.8) is 0 Å². The van der Waals surface area contributed by atoms with Gasteiger partial charge in [-0.05, 0) is 44.2 Å². The molecule has 0 saturated heterocycles. The molecule has 0 saturated carbocycles. The zero-order valence-corrected chi connectivity index (χ0v) is 15.3. The van der Waals surface area contributed by atoms with Crippen LogP contribution in [0.1, 0.15) is 27.5 Å². The molecular formula is C21H20N2O4. The van der Waals surface area contributed by atoms with Crippen LogP contribution in [0.15, 0.2) is 53.1 Å². The fourth-order valence-corrected chi connectivity index (χ4v) is 3.44. The van der Waals surface area contributed by atoms with Gasteiger partial charge in [0.05, 0.1) is 25.0 Å². The SMILES string of the molecule is Cc1cc(C(=O)CN2C(=O)COc3ccccc32)c(C)n1Cc1ccco1. The van der Waals surface area contributed by atoms with Crippen molar-refractivity contribution in [1.82, 2.24) is 4.57 Å². The minimum atomic E-state index is -0.216. The van der Waals surface area contributed by atoms with E-state index in [0.717, 1.165) is 17.1 Å². The Morgan fingerprint density at radius 3 is 2.74 bits per heavy atom. The van der Waals surface area contributed by atoms with Gasteiger partial charge in [-0.1, -0.05) is 12.1 Å². The Morgan fingerprint density at radius 1 is 1.15 bits per heavy atom. The van der Waals surface area contributed by atoms with Crippen molar-refractivity contribution in [3.8, 4) is 5.75 Å². The zero-order valence-electron chi connectivity index (χ0n) is 15.3. The maximum absolute atomic E-state index is 13.0. The number of carbonyl (C=O) groups excluding carboxylic acids is 2. The highest BCUT2D eigenvalue weighted by Crippen LogP contribution is 2.31. The third kappa shape index (κ3) is 3.14. The Balaban J connectivity index is 1.60. The van der Waals surface area contributed by atoms with Gasteiger partial charge in [-0.15, -0.1) is 0 Å². The van der Waals surface area contributed by atoms with Crippen LogP contribution in [0.5, 0.6) is 5.75 Å². The van der Waals surface area contributed by atoms with Crippen LogP contribution in [0, 0.1) is 13.8 Å². The van der Waals surface area contributed by atoms with E-state index in [9.17, 15) is 9.59 Å². The van der Waals surface area contributed by atoms with Crippen molar-refractivity contribution in [2.45, 2.75) is 20.4 Å². The van der Waals surface area contributed by atoms with E-state index in [1.807, 2.05) is 48.7 Å². The van der Waals surface area contributed by atoms with E-state index in [2.05, 4.69) is 0 Å². The molecule has 0 N–H and O–H groups in total. The molecule has 6 nitrogen and oxygen atoms in total. The minimum absolute atomic E-state index is 0.00967. The molecule has 3 aromatic rings. The normalized spacial score (nSPS) is 13.4. The first-order valence-electron chi connectivity index (χ1n) is 8.79. The Labute approximate surface area is 157 Å². The van der Waals surface area contributed by atoms with Crippen molar-refractivity contribution in [2.75, 3.05) is 18.1 Å². The number of para-hydroxylation sites is 2. The molecule has 2 aromatic heterocycles. The van der Waals surface area contributed by atoms with Gasteiger partial charge in [0.25, 0.3) is 5.91 Å². The standard InChI is InChI=1S/C21H20N2O4/c1-14-10-17(15(2)22(14)11-16-6-5-9-26-16)19(24)12-23-18-7-3-4-8-20(18)27-13-21(23)25/h3-10H,11-13H2,1-2H3. The molecule has 4 rings (SSSR count). The number of ether oxygens (including phenoxy) is 1. The lowest BCUT2D eigenvalue weighted by molar-refractivity contribution is -0.121. The summed E-state index contributed by atoms with van der Waals surface area (Å²) in [6.45, 7) is 4.38. The Bertz CT molecular complexity index is 1000. The molecule has 0 unspecified atom stereocenters.